The molecule has 2 aromatic carbocycles. The molecular weight excluding hydrogens is 410 g/mol. The van der Waals surface area contributed by atoms with Gasteiger partial charge in [-0.05, 0) is 73.9 Å². The van der Waals surface area contributed by atoms with Gasteiger partial charge in [-0.1, -0.05) is 29.8 Å². The molecule has 0 spiro atoms. The third-order valence-corrected chi connectivity index (χ3v) is 8.00. The minimum atomic E-state index is -3.55. The van der Waals surface area contributed by atoms with E-state index >= 15 is 0 Å². The average Bonchev–Trinajstić information content (AvgIpc) is 2.75. The summed E-state index contributed by atoms with van der Waals surface area (Å²) in [5.41, 5.74) is 2.41. The maximum Gasteiger partial charge on any atom is 0.314 e. The Hall–Kier alpha value is -1.89. The van der Waals surface area contributed by atoms with E-state index in [0.29, 0.717) is 41.6 Å². The number of ether oxygens (including phenoxy) is 1. The van der Waals surface area contributed by atoms with Crippen LogP contribution in [0.4, 0.5) is 0 Å². The van der Waals surface area contributed by atoms with Gasteiger partial charge >= 0.3 is 5.97 Å². The predicted molar refractivity (Wildman–Crippen MR) is 112 cm³/mol. The lowest BCUT2D eigenvalue weighted by atomic mass is 9.92. The van der Waals surface area contributed by atoms with Crippen LogP contribution in [0.5, 0.6) is 5.75 Å². The van der Waals surface area contributed by atoms with E-state index in [0.717, 1.165) is 31.2 Å². The number of carbonyl (C=O) groups excluding carboxylic acids is 1. The number of hydrogen-bond acceptors (Lipinski definition) is 4. The molecule has 4 rings (SSSR count). The highest BCUT2D eigenvalue weighted by molar-refractivity contribution is 7.89. The van der Waals surface area contributed by atoms with Crippen LogP contribution < -0.4 is 4.74 Å². The van der Waals surface area contributed by atoms with Gasteiger partial charge in [0, 0.05) is 13.1 Å². The van der Waals surface area contributed by atoms with Gasteiger partial charge in [-0.2, -0.15) is 4.31 Å². The lowest BCUT2D eigenvalue weighted by Gasteiger charge is -2.30. The van der Waals surface area contributed by atoms with Crippen LogP contribution in [0, 0.1) is 5.92 Å². The van der Waals surface area contributed by atoms with Crippen LogP contribution in [0.25, 0.3) is 0 Å². The molecule has 0 atom stereocenters. The fourth-order valence-electron chi connectivity index (χ4n) is 4.07. The number of para-hydroxylation sites is 1. The van der Waals surface area contributed by atoms with Crippen molar-refractivity contribution in [1.29, 1.82) is 0 Å². The summed E-state index contributed by atoms with van der Waals surface area (Å²) in [6.45, 7) is 0.614. The van der Waals surface area contributed by atoms with Crippen LogP contribution in [-0.4, -0.2) is 31.8 Å². The number of nitrogens with zero attached hydrogens (tertiary/aromatic N) is 1. The quantitative estimate of drug-likeness (QED) is 0.534. The Balaban J connectivity index is 1.41. The second-order valence-corrected chi connectivity index (χ2v) is 10.0. The topological polar surface area (TPSA) is 63.7 Å². The zero-order valence-electron chi connectivity index (χ0n) is 16.1. The van der Waals surface area contributed by atoms with Gasteiger partial charge in [0.15, 0.2) is 0 Å². The molecule has 1 aliphatic carbocycles. The summed E-state index contributed by atoms with van der Waals surface area (Å²) in [6, 6.07) is 12.3. The van der Waals surface area contributed by atoms with Crippen molar-refractivity contribution in [1.82, 2.24) is 4.31 Å². The summed E-state index contributed by atoms with van der Waals surface area (Å²) in [4.78, 5) is 12.8. The first-order valence-corrected chi connectivity index (χ1v) is 11.8. The highest BCUT2D eigenvalue weighted by Gasteiger charge is 2.33. The Morgan fingerprint density at radius 3 is 2.41 bits per heavy atom. The molecule has 1 heterocycles. The molecule has 0 saturated carbocycles. The van der Waals surface area contributed by atoms with Crippen molar-refractivity contribution >= 4 is 27.6 Å². The molecule has 0 bridgehead atoms. The molecule has 29 heavy (non-hydrogen) atoms. The standard InChI is InChI=1S/C22H24ClNO4S/c23-20-7-3-4-8-21(20)28-22(25)17-11-13-24(14-12-17)29(26,27)19-10-9-16-5-1-2-6-18(16)15-19/h3-4,7-10,15,17H,1-2,5-6,11-14H2. The number of aryl methyl sites for hydroxylation is 2. The molecular formula is C22H24ClNO4S. The number of fused-ring (bicyclic) bond motifs is 1. The van der Waals surface area contributed by atoms with Crippen LogP contribution in [-0.2, 0) is 27.7 Å². The molecule has 7 heteroatoms. The zero-order chi connectivity index (χ0) is 20.4. The van der Waals surface area contributed by atoms with Crippen molar-refractivity contribution in [3.8, 4) is 5.75 Å². The summed E-state index contributed by atoms with van der Waals surface area (Å²) in [6.07, 6.45) is 5.11. The van der Waals surface area contributed by atoms with Gasteiger partial charge in [0.2, 0.25) is 10.0 Å². The number of halogens is 1. The summed E-state index contributed by atoms with van der Waals surface area (Å²) in [5.74, 6) is -0.353. The van der Waals surface area contributed by atoms with Crippen molar-refractivity contribution in [2.24, 2.45) is 5.92 Å². The van der Waals surface area contributed by atoms with Crippen molar-refractivity contribution < 1.29 is 17.9 Å². The SMILES string of the molecule is O=C(Oc1ccccc1Cl)C1CCN(S(=O)(=O)c2ccc3c(c2)CCCC3)CC1. The molecule has 0 amide bonds. The number of benzene rings is 2. The first-order valence-electron chi connectivity index (χ1n) is 10.0. The molecule has 0 radical (unpaired) electrons. The number of rotatable bonds is 4. The summed E-state index contributed by atoms with van der Waals surface area (Å²) in [5, 5.41) is 0.383. The van der Waals surface area contributed by atoms with Gasteiger partial charge in [-0.25, -0.2) is 8.42 Å². The lowest BCUT2D eigenvalue weighted by molar-refractivity contribution is -0.140. The second-order valence-electron chi connectivity index (χ2n) is 7.67. The highest BCUT2D eigenvalue weighted by atomic mass is 35.5. The Morgan fingerprint density at radius 2 is 1.69 bits per heavy atom. The van der Waals surface area contributed by atoms with E-state index in [-0.39, 0.29) is 11.9 Å². The molecule has 1 aliphatic heterocycles. The normalized spacial score (nSPS) is 18.2. The second kappa shape index (κ2) is 8.46. The Kier molecular flexibility index (Phi) is 5.95. The van der Waals surface area contributed by atoms with Gasteiger partial charge in [0.1, 0.15) is 5.75 Å². The molecule has 5 nitrogen and oxygen atoms in total. The van der Waals surface area contributed by atoms with Crippen LogP contribution in [0.2, 0.25) is 5.02 Å². The molecule has 2 aliphatic rings. The first kappa shape index (κ1) is 20.4. The fraction of sp³-hybridized carbons (Fsp3) is 0.409. The van der Waals surface area contributed by atoms with E-state index < -0.39 is 10.0 Å². The van der Waals surface area contributed by atoms with Crippen molar-refractivity contribution in [2.45, 2.75) is 43.4 Å². The van der Waals surface area contributed by atoms with E-state index in [9.17, 15) is 13.2 Å². The lowest BCUT2D eigenvalue weighted by Crippen LogP contribution is -2.41. The van der Waals surface area contributed by atoms with Crippen LogP contribution in [0.15, 0.2) is 47.4 Å². The number of carbonyl (C=O) groups is 1. The van der Waals surface area contributed by atoms with E-state index in [1.807, 2.05) is 12.1 Å². The number of esters is 1. The van der Waals surface area contributed by atoms with Gasteiger partial charge in [-0.3, -0.25) is 4.79 Å². The molecule has 0 aromatic heterocycles. The van der Waals surface area contributed by atoms with E-state index in [1.165, 1.54) is 9.87 Å². The molecule has 154 valence electrons. The van der Waals surface area contributed by atoms with Gasteiger partial charge in [-0.15, -0.1) is 0 Å². The third kappa shape index (κ3) is 4.34. The first-order chi connectivity index (χ1) is 13.9. The van der Waals surface area contributed by atoms with Crippen molar-refractivity contribution in [2.75, 3.05) is 13.1 Å². The summed E-state index contributed by atoms with van der Waals surface area (Å²) < 4.78 is 33.1. The smallest absolute Gasteiger partial charge is 0.314 e. The van der Waals surface area contributed by atoms with Crippen LogP contribution in [0.3, 0.4) is 0 Å². The summed E-state index contributed by atoms with van der Waals surface area (Å²) >= 11 is 6.04. The average molecular weight is 434 g/mol. The van der Waals surface area contributed by atoms with Crippen LogP contribution >= 0.6 is 11.6 Å². The zero-order valence-corrected chi connectivity index (χ0v) is 17.7. The third-order valence-electron chi connectivity index (χ3n) is 5.79. The Labute approximate surface area is 176 Å². The molecule has 0 N–H and O–H groups in total. The van der Waals surface area contributed by atoms with Gasteiger partial charge in [0.05, 0.1) is 15.8 Å². The molecule has 2 aromatic rings. The monoisotopic (exact) mass is 433 g/mol. The highest BCUT2D eigenvalue weighted by Crippen LogP contribution is 2.30. The van der Waals surface area contributed by atoms with Gasteiger partial charge in [0.25, 0.3) is 0 Å². The Morgan fingerprint density at radius 1 is 1.00 bits per heavy atom. The molecule has 1 fully saturated rings. The number of piperidine rings is 1. The molecule has 1 saturated heterocycles. The van der Waals surface area contributed by atoms with E-state index in [2.05, 4.69) is 0 Å². The minimum absolute atomic E-state index is 0.307. The summed E-state index contributed by atoms with van der Waals surface area (Å²) in [7, 11) is -3.55. The maximum atomic E-state index is 13.1. The maximum absolute atomic E-state index is 13.1. The largest absolute Gasteiger partial charge is 0.425 e. The van der Waals surface area contributed by atoms with Gasteiger partial charge < -0.3 is 4.74 Å². The molecule has 0 unspecified atom stereocenters. The predicted octanol–water partition coefficient (Wildman–Crippen LogP) is 4.23. The minimum Gasteiger partial charge on any atom is -0.425 e. The van der Waals surface area contributed by atoms with Crippen molar-refractivity contribution in [3.63, 3.8) is 0 Å². The Bertz CT molecular complexity index is 1010. The van der Waals surface area contributed by atoms with E-state index in [1.54, 1.807) is 30.3 Å². The van der Waals surface area contributed by atoms with E-state index in [4.69, 9.17) is 16.3 Å². The number of hydrogen-bond donors (Lipinski definition) is 0. The fourth-order valence-corrected chi connectivity index (χ4v) is 5.77. The van der Waals surface area contributed by atoms with Crippen molar-refractivity contribution in [3.05, 3.63) is 58.6 Å². The van der Waals surface area contributed by atoms with Crippen LogP contribution in [0.1, 0.15) is 36.8 Å². The number of sulfonamides is 1.